The average molecular weight is 224 g/mol. The van der Waals surface area contributed by atoms with Crippen molar-refractivity contribution in [2.45, 2.75) is 44.7 Å². The Morgan fingerprint density at radius 3 is 2.81 bits per heavy atom. The number of hydrogen-bond acceptors (Lipinski definition) is 4. The van der Waals surface area contributed by atoms with Crippen LogP contribution >= 0.6 is 0 Å². The first-order chi connectivity index (χ1) is 7.90. The van der Waals surface area contributed by atoms with Crippen molar-refractivity contribution >= 4 is 0 Å². The Labute approximate surface area is 96.2 Å². The molecule has 16 heavy (non-hydrogen) atoms. The van der Waals surface area contributed by atoms with Crippen molar-refractivity contribution < 1.29 is 9.63 Å². The van der Waals surface area contributed by atoms with Crippen LogP contribution in [0.25, 0.3) is 0 Å². The van der Waals surface area contributed by atoms with Crippen molar-refractivity contribution in [1.82, 2.24) is 10.1 Å². The predicted octanol–water partition coefficient (Wildman–Crippen LogP) is 1.80. The molecular formula is C12H20N2O2. The molecule has 1 heterocycles. The zero-order valence-corrected chi connectivity index (χ0v) is 9.64. The SMILES string of the molecule is OCCN(Cc1cnoc1)C1CCCCC1. The Morgan fingerprint density at radius 1 is 1.38 bits per heavy atom. The molecule has 4 nitrogen and oxygen atoms in total. The monoisotopic (exact) mass is 224 g/mol. The van der Waals surface area contributed by atoms with Crippen LogP contribution in [0.1, 0.15) is 37.7 Å². The zero-order chi connectivity index (χ0) is 11.2. The maximum absolute atomic E-state index is 9.12. The fraction of sp³-hybridized carbons (Fsp3) is 0.750. The number of rotatable bonds is 5. The van der Waals surface area contributed by atoms with Crippen molar-refractivity contribution in [3.05, 3.63) is 18.0 Å². The zero-order valence-electron chi connectivity index (χ0n) is 9.64. The van der Waals surface area contributed by atoms with E-state index >= 15 is 0 Å². The molecule has 1 aromatic rings. The van der Waals surface area contributed by atoms with E-state index in [1.807, 2.05) is 0 Å². The highest BCUT2D eigenvalue weighted by atomic mass is 16.5. The fourth-order valence-corrected chi connectivity index (χ4v) is 2.50. The lowest BCUT2D eigenvalue weighted by atomic mass is 9.94. The number of aliphatic hydroxyl groups is 1. The van der Waals surface area contributed by atoms with Gasteiger partial charge in [-0.15, -0.1) is 0 Å². The van der Waals surface area contributed by atoms with Crippen LogP contribution in [0.3, 0.4) is 0 Å². The Morgan fingerprint density at radius 2 is 2.19 bits per heavy atom. The van der Waals surface area contributed by atoms with Crippen molar-refractivity contribution in [2.75, 3.05) is 13.2 Å². The van der Waals surface area contributed by atoms with Gasteiger partial charge in [0, 0.05) is 24.7 Å². The van der Waals surface area contributed by atoms with Crippen molar-refractivity contribution in [3.8, 4) is 0 Å². The summed E-state index contributed by atoms with van der Waals surface area (Å²) in [6.45, 7) is 1.81. The first-order valence-corrected chi connectivity index (χ1v) is 6.13. The summed E-state index contributed by atoms with van der Waals surface area (Å²) in [4.78, 5) is 2.35. The lowest BCUT2D eigenvalue weighted by Crippen LogP contribution is -2.38. The topological polar surface area (TPSA) is 49.5 Å². The molecule has 0 atom stereocenters. The predicted molar refractivity (Wildman–Crippen MR) is 60.9 cm³/mol. The number of aromatic nitrogens is 1. The fourth-order valence-electron chi connectivity index (χ4n) is 2.50. The molecule has 90 valence electrons. The van der Waals surface area contributed by atoms with Gasteiger partial charge in [0.1, 0.15) is 6.26 Å². The van der Waals surface area contributed by atoms with Crippen LogP contribution in [0.15, 0.2) is 17.0 Å². The first-order valence-electron chi connectivity index (χ1n) is 6.13. The van der Waals surface area contributed by atoms with Crippen LogP contribution in [-0.4, -0.2) is 34.4 Å². The van der Waals surface area contributed by atoms with Gasteiger partial charge < -0.3 is 9.63 Å². The van der Waals surface area contributed by atoms with Crippen LogP contribution in [0.5, 0.6) is 0 Å². The summed E-state index contributed by atoms with van der Waals surface area (Å²) < 4.78 is 4.84. The summed E-state index contributed by atoms with van der Waals surface area (Å²) >= 11 is 0. The Hall–Kier alpha value is -0.870. The van der Waals surface area contributed by atoms with Crippen LogP contribution in [0, 0.1) is 0 Å². The highest BCUT2D eigenvalue weighted by molar-refractivity contribution is 5.00. The Balaban J connectivity index is 1.92. The van der Waals surface area contributed by atoms with E-state index < -0.39 is 0 Å². The van der Waals surface area contributed by atoms with Crippen molar-refractivity contribution in [1.29, 1.82) is 0 Å². The molecule has 4 heteroatoms. The van der Waals surface area contributed by atoms with E-state index in [0.29, 0.717) is 6.04 Å². The third-order valence-corrected chi connectivity index (χ3v) is 3.35. The lowest BCUT2D eigenvalue weighted by molar-refractivity contribution is 0.117. The third kappa shape index (κ3) is 3.06. The largest absolute Gasteiger partial charge is 0.395 e. The molecule has 1 aromatic heterocycles. The summed E-state index contributed by atoms with van der Waals surface area (Å²) in [5, 5.41) is 12.8. The normalized spacial score (nSPS) is 18.1. The van der Waals surface area contributed by atoms with E-state index in [1.54, 1.807) is 12.5 Å². The minimum atomic E-state index is 0.224. The summed E-state index contributed by atoms with van der Waals surface area (Å²) in [6, 6.07) is 0.621. The van der Waals surface area contributed by atoms with Gasteiger partial charge in [0.05, 0.1) is 12.8 Å². The number of nitrogens with zero attached hydrogens (tertiary/aromatic N) is 2. The van der Waals surface area contributed by atoms with Gasteiger partial charge >= 0.3 is 0 Å². The van der Waals surface area contributed by atoms with Crippen LogP contribution in [0.2, 0.25) is 0 Å². The van der Waals surface area contributed by atoms with E-state index in [1.165, 1.54) is 32.1 Å². The third-order valence-electron chi connectivity index (χ3n) is 3.35. The van der Waals surface area contributed by atoms with E-state index in [9.17, 15) is 0 Å². The molecule has 0 spiro atoms. The molecule has 0 bridgehead atoms. The Kier molecular flexibility index (Phi) is 4.36. The van der Waals surface area contributed by atoms with Crippen LogP contribution < -0.4 is 0 Å². The molecule has 0 unspecified atom stereocenters. The molecule has 1 saturated carbocycles. The van der Waals surface area contributed by atoms with Gasteiger partial charge in [-0.1, -0.05) is 24.4 Å². The van der Waals surface area contributed by atoms with E-state index in [2.05, 4.69) is 10.1 Å². The lowest BCUT2D eigenvalue weighted by Gasteiger charge is -2.33. The van der Waals surface area contributed by atoms with E-state index in [4.69, 9.17) is 9.63 Å². The summed E-state index contributed by atoms with van der Waals surface area (Å²) in [6.07, 6.45) is 9.94. The number of hydrogen-bond donors (Lipinski definition) is 1. The van der Waals surface area contributed by atoms with Gasteiger partial charge in [-0.3, -0.25) is 4.90 Å². The second kappa shape index (κ2) is 6.01. The molecule has 0 radical (unpaired) electrons. The molecule has 1 aliphatic carbocycles. The van der Waals surface area contributed by atoms with Crippen molar-refractivity contribution in [3.63, 3.8) is 0 Å². The quantitative estimate of drug-likeness (QED) is 0.828. The van der Waals surface area contributed by atoms with Gasteiger partial charge in [-0.2, -0.15) is 0 Å². The Bertz CT molecular complexity index is 281. The maximum Gasteiger partial charge on any atom is 0.128 e. The molecule has 0 saturated heterocycles. The second-order valence-corrected chi connectivity index (χ2v) is 4.52. The summed E-state index contributed by atoms with van der Waals surface area (Å²) in [5.41, 5.74) is 1.10. The summed E-state index contributed by atoms with van der Waals surface area (Å²) in [5.74, 6) is 0. The number of aliphatic hydroxyl groups excluding tert-OH is 1. The van der Waals surface area contributed by atoms with Gasteiger partial charge in [0.2, 0.25) is 0 Å². The van der Waals surface area contributed by atoms with Gasteiger partial charge in [0.25, 0.3) is 0 Å². The average Bonchev–Trinajstić information content (AvgIpc) is 2.83. The first kappa shape index (κ1) is 11.6. The molecule has 1 fully saturated rings. The standard InChI is InChI=1S/C12H20N2O2/c15-7-6-14(9-11-8-13-16-10-11)12-4-2-1-3-5-12/h8,10,12,15H,1-7,9H2. The van der Waals surface area contributed by atoms with Crippen LogP contribution in [-0.2, 0) is 6.54 Å². The maximum atomic E-state index is 9.12. The van der Waals surface area contributed by atoms with Gasteiger partial charge in [-0.05, 0) is 12.8 Å². The molecule has 0 amide bonds. The highest BCUT2D eigenvalue weighted by Crippen LogP contribution is 2.23. The highest BCUT2D eigenvalue weighted by Gasteiger charge is 2.21. The molecule has 1 aliphatic rings. The molecule has 1 N–H and O–H groups in total. The van der Waals surface area contributed by atoms with E-state index in [-0.39, 0.29) is 6.61 Å². The van der Waals surface area contributed by atoms with Gasteiger partial charge in [0.15, 0.2) is 0 Å². The molecule has 0 aliphatic heterocycles. The second-order valence-electron chi connectivity index (χ2n) is 4.52. The minimum Gasteiger partial charge on any atom is -0.395 e. The molecular weight excluding hydrogens is 204 g/mol. The molecule has 0 aromatic carbocycles. The molecule has 2 rings (SSSR count). The minimum absolute atomic E-state index is 0.224. The van der Waals surface area contributed by atoms with Crippen molar-refractivity contribution in [2.24, 2.45) is 0 Å². The van der Waals surface area contributed by atoms with Gasteiger partial charge in [-0.25, -0.2) is 0 Å². The van der Waals surface area contributed by atoms with E-state index in [0.717, 1.165) is 18.7 Å². The smallest absolute Gasteiger partial charge is 0.128 e. The summed E-state index contributed by atoms with van der Waals surface area (Å²) in [7, 11) is 0. The van der Waals surface area contributed by atoms with Crippen LogP contribution in [0.4, 0.5) is 0 Å².